The molecule has 0 aliphatic carbocycles. The summed E-state index contributed by atoms with van der Waals surface area (Å²) in [6.07, 6.45) is 0. The number of rotatable bonds is 13. The van der Waals surface area contributed by atoms with Gasteiger partial charge in [-0.25, -0.2) is 29.9 Å². The van der Waals surface area contributed by atoms with Gasteiger partial charge in [-0.3, -0.25) is 0 Å². The van der Waals surface area contributed by atoms with E-state index in [1.165, 1.54) is 58.2 Å². The minimum Gasteiger partial charge on any atom is -0.208 e. The van der Waals surface area contributed by atoms with Crippen LogP contribution < -0.4 is 0 Å². The smallest absolute Gasteiger partial charge is 0.165 e. The average molecular weight is 1590 g/mol. The SMILES string of the molecule is c1ccc(-c2ccc(-c3nc(-c4ccc(-c5cc(-c6ccccc6)c6ccccc6c5)c5ccccc45)nc(-c4cccc5c4sc4cccc(-c6ccc(-c7cc(-c8ccc(-c9nc(-c%10c(-c%11cccc%12ccccc%11%12)ccc%11ccccc%10%11)nc(-c%10cccc%11c%10sc%10ccccc%10%11)n9)c9ccccc89)cc8ccccc78)cc6)c45)n3)cc2)cc1. The summed E-state index contributed by atoms with van der Waals surface area (Å²) in [5.41, 5.74) is 21.5. The number of nitrogens with zero attached hydrogens (tertiary/aromatic N) is 6. The standard InChI is InChI=1S/C114H68N6S2/c1-3-25-69(26-4-1)70-51-57-76(58-52-70)109-115-110(96-63-61-84(88-38-15-17-40-91(88)96)79-65-77-31-9-12-35-82(77)101(67-79)72-27-5-2-6-28-72)117-112(116-109)100-48-23-46-98-105-86(43-24-50-104(105)122-108(98)100)74-53-55-75(56-54-74)102-68-80(66-78-32-10-13-36-83(78)102)85-62-64-97(92-41-18-16-39-89(85)92)111-118-113(99-47-22-45-95-93-42-19-20-49-103(93)121-107(95)99)120-114(119-111)106-87-37-14-8-30-73(87)59-60-94(106)90-44-21-33-71-29-7-11-34-81(71)90/h1-68H. The lowest BCUT2D eigenvalue weighted by Crippen LogP contribution is -2.02. The Morgan fingerprint density at radius 3 is 1.09 bits per heavy atom. The highest BCUT2D eigenvalue weighted by atomic mass is 32.1. The zero-order valence-corrected chi connectivity index (χ0v) is 67.4. The molecule has 0 fully saturated rings. The van der Waals surface area contributed by atoms with Crippen LogP contribution in [-0.2, 0) is 0 Å². The summed E-state index contributed by atoms with van der Waals surface area (Å²) >= 11 is 3.57. The molecule has 0 saturated carbocycles. The van der Waals surface area contributed by atoms with Crippen molar-refractivity contribution < 1.29 is 0 Å². The third kappa shape index (κ3) is 12.1. The van der Waals surface area contributed by atoms with E-state index >= 15 is 0 Å². The zero-order valence-electron chi connectivity index (χ0n) is 65.8. The molecule has 0 spiro atoms. The topological polar surface area (TPSA) is 77.3 Å². The molecule has 566 valence electrons. The van der Waals surface area contributed by atoms with Crippen LogP contribution in [-0.4, -0.2) is 29.9 Å². The number of hydrogen-bond donors (Lipinski definition) is 0. The first-order valence-electron chi connectivity index (χ1n) is 41.3. The minimum absolute atomic E-state index is 0.601. The van der Waals surface area contributed by atoms with Gasteiger partial charge in [-0.2, -0.15) is 0 Å². The second-order valence-electron chi connectivity index (χ2n) is 31.4. The van der Waals surface area contributed by atoms with Crippen molar-refractivity contribution >= 4 is 128 Å². The minimum atomic E-state index is 0.601. The number of hydrogen-bond acceptors (Lipinski definition) is 8. The van der Waals surface area contributed by atoms with E-state index in [0.29, 0.717) is 34.9 Å². The van der Waals surface area contributed by atoms with Crippen LogP contribution in [0.15, 0.2) is 413 Å². The monoisotopic (exact) mass is 1580 g/mol. The molecule has 0 amide bonds. The maximum absolute atomic E-state index is 5.70. The van der Waals surface area contributed by atoms with Crippen molar-refractivity contribution in [3.63, 3.8) is 0 Å². The van der Waals surface area contributed by atoms with Crippen LogP contribution in [0.3, 0.4) is 0 Å². The first kappa shape index (κ1) is 70.6. The largest absolute Gasteiger partial charge is 0.208 e. The van der Waals surface area contributed by atoms with Crippen molar-refractivity contribution in [2.45, 2.75) is 0 Å². The Morgan fingerprint density at radius 2 is 0.492 bits per heavy atom. The lowest BCUT2D eigenvalue weighted by atomic mass is 9.89. The number of benzene rings is 20. The predicted molar refractivity (Wildman–Crippen MR) is 515 cm³/mol. The molecule has 0 radical (unpaired) electrons. The van der Waals surface area contributed by atoms with Crippen molar-refractivity contribution in [2.75, 3.05) is 0 Å². The predicted octanol–water partition coefficient (Wildman–Crippen LogP) is 31.4. The normalized spacial score (nSPS) is 11.8. The van der Waals surface area contributed by atoms with Gasteiger partial charge in [0, 0.05) is 73.7 Å². The first-order chi connectivity index (χ1) is 60.5. The lowest BCUT2D eigenvalue weighted by molar-refractivity contribution is 1.08. The van der Waals surface area contributed by atoms with Crippen LogP contribution in [0.4, 0.5) is 0 Å². The summed E-state index contributed by atoms with van der Waals surface area (Å²) in [5.74, 6) is 3.66. The fourth-order valence-corrected chi connectivity index (χ4v) is 21.1. The number of fused-ring (bicyclic) bond motifs is 12. The van der Waals surface area contributed by atoms with E-state index in [2.05, 4.69) is 413 Å². The molecule has 0 saturated heterocycles. The Hall–Kier alpha value is -15.6. The van der Waals surface area contributed by atoms with E-state index in [0.717, 1.165) is 158 Å². The summed E-state index contributed by atoms with van der Waals surface area (Å²) in [5, 5.41) is 18.3. The third-order valence-corrected chi connectivity index (χ3v) is 26.9. The van der Waals surface area contributed by atoms with Gasteiger partial charge < -0.3 is 0 Å². The average Bonchev–Trinajstić information content (AvgIpc) is 1.15. The highest BCUT2D eigenvalue weighted by Gasteiger charge is 2.26. The molecule has 24 aromatic rings. The van der Waals surface area contributed by atoms with E-state index < -0.39 is 0 Å². The Balaban J connectivity index is 0.612. The van der Waals surface area contributed by atoms with Gasteiger partial charge in [0.1, 0.15) is 0 Å². The van der Waals surface area contributed by atoms with Gasteiger partial charge >= 0.3 is 0 Å². The molecule has 4 aromatic heterocycles. The van der Waals surface area contributed by atoms with Gasteiger partial charge in [0.2, 0.25) is 0 Å². The molecule has 0 unspecified atom stereocenters. The highest BCUT2D eigenvalue weighted by molar-refractivity contribution is 7.26. The summed E-state index contributed by atoms with van der Waals surface area (Å²) in [4.78, 5) is 33.4. The molecule has 20 aromatic carbocycles. The van der Waals surface area contributed by atoms with E-state index in [1.807, 2.05) is 0 Å². The van der Waals surface area contributed by atoms with E-state index in [1.54, 1.807) is 22.7 Å². The maximum Gasteiger partial charge on any atom is 0.165 e. The first-order valence-corrected chi connectivity index (χ1v) is 42.9. The molecule has 6 nitrogen and oxygen atoms in total. The zero-order chi connectivity index (χ0) is 80.3. The fraction of sp³-hybridized carbons (Fsp3) is 0. The fourth-order valence-electron chi connectivity index (χ4n) is 18.7. The number of thiophene rings is 2. The highest BCUT2D eigenvalue weighted by Crippen LogP contribution is 2.49. The van der Waals surface area contributed by atoms with Crippen molar-refractivity contribution in [1.29, 1.82) is 0 Å². The molecule has 0 bridgehead atoms. The summed E-state index contributed by atoms with van der Waals surface area (Å²) in [7, 11) is 0. The van der Waals surface area contributed by atoms with Crippen LogP contribution in [0.2, 0.25) is 0 Å². The van der Waals surface area contributed by atoms with Crippen LogP contribution in [0.25, 0.3) is 251 Å². The van der Waals surface area contributed by atoms with E-state index in [9.17, 15) is 0 Å². The van der Waals surface area contributed by atoms with Gasteiger partial charge in [0.15, 0.2) is 34.9 Å². The Bertz CT molecular complexity index is 8380. The molecule has 8 heteroatoms. The molecule has 122 heavy (non-hydrogen) atoms. The summed E-state index contributed by atoms with van der Waals surface area (Å²) in [6, 6.07) is 149. The van der Waals surface area contributed by atoms with Gasteiger partial charge in [0.25, 0.3) is 0 Å². The summed E-state index contributed by atoms with van der Waals surface area (Å²) < 4.78 is 4.65. The van der Waals surface area contributed by atoms with Crippen LogP contribution in [0.1, 0.15) is 0 Å². The van der Waals surface area contributed by atoms with Gasteiger partial charge in [-0.05, 0) is 203 Å². The molecule has 0 aliphatic rings. The van der Waals surface area contributed by atoms with Crippen LogP contribution in [0, 0.1) is 0 Å². The van der Waals surface area contributed by atoms with Gasteiger partial charge in [0.05, 0.1) is 0 Å². The van der Waals surface area contributed by atoms with Crippen molar-refractivity contribution in [3.8, 4) is 146 Å². The molecule has 0 atom stereocenters. The molecular formula is C114H68N6S2. The second kappa shape index (κ2) is 29.2. The molecule has 0 N–H and O–H groups in total. The van der Waals surface area contributed by atoms with E-state index in [-0.39, 0.29) is 0 Å². The molecule has 4 heterocycles. The van der Waals surface area contributed by atoms with Crippen LogP contribution in [0.5, 0.6) is 0 Å². The van der Waals surface area contributed by atoms with Gasteiger partial charge in [-0.15, -0.1) is 22.7 Å². The second-order valence-corrected chi connectivity index (χ2v) is 33.5. The molecular weight excluding hydrogens is 1520 g/mol. The Labute approximate surface area is 711 Å². The van der Waals surface area contributed by atoms with Crippen molar-refractivity contribution in [2.24, 2.45) is 0 Å². The quantitative estimate of drug-likeness (QED) is 0.114. The van der Waals surface area contributed by atoms with E-state index in [4.69, 9.17) is 29.9 Å². The third-order valence-electron chi connectivity index (χ3n) is 24.4. The maximum atomic E-state index is 5.70. The molecule has 24 rings (SSSR count). The van der Waals surface area contributed by atoms with Crippen LogP contribution >= 0.6 is 22.7 Å². The van der Waals surface area contributed by atoms with Crippen molar-refractivity contribution in [1.82, 2.24) is 29.9 Å². The summed E-state index contributed by atoms with van der Waals surface area (Å²) in [6.45, 7) is 0. The lowest BCUT2D eigenvalue weighted by Gasteiger charge is -2.17. The van der Waals surface area contributed by atoms with Gasteiger partial charge in [-0.1, -0.05) is 352 Å². The Morgan fingerprint density at radius 1 is 0.148 bits per heavy atom. The molecule has 0 aliphatic heterocycles. The van der Waals surface area contributed by atoms with Crippen molar-refractivity contribution in [3.05, 3.63) is 413 Å². The Kier molecular flexibility index (Phi) is 16.9. The number of aromatic nitrogens is 6.